The molecule has 0 fully saturated rings. The lowest BCUT2D eigenvalue weighted by atomic mass is 9.78. The normalized spacial score (nSPS) is 14.7. The maximum absolute atomic E-state index is 5.37. The van der Waals surface area contributed by atoms with Gasteiger partial charge in [-0.2, -0.15) is 0 Å². The van der Waals surface area contributed by atoms with E-state index in [2.05, 4.69) is 260 Å². The summed E-state index contributed by atoms with van der Waals surface area (Å²) in [4.78, 5) is 21.5. The highest BCUT2D eigenvalue weighted by molar-refractivity contribution is 6.11. The summed E-state index contributed by atoms with van der Waals surface area (Å²) in [6.07, 6.45) is 0. The first-order valence-corrected chi connectivity index (χ1v) is 27.0. The van der Waals surface area contributed by atoms with E-state index in [0.717, 1.165) is 78.6 Å². The Morgan fingerprint density at radius 2 is 0.481 bits per heavy atom. The molecule has 12 aromatic rings. The van der Waals surface area contributed by atoms with E-state index in [-0.39, 0.29) is 16.2 Å². The molecule has 0 radical (unpaired) electrons. The van der Waals surface area contributed by atoms with Crippen molar-refractivity contribution in [3.63, 3.8) is 0 Å². The molecule has 15 rings (SSSR count). The third-order valence-electron chi connectivity index (χ3n) is 17.5. The van der Waals surface area contributed by atoms with Gasteiger partial charge < -0.3 is 0 Å². The zero-order chi connectivity index (χ0) is 52.0. The van der Waals surface area contributed by atoms with Crippen molar-refractivity contribution in [2.45, 2.75) is 57.8 Å². The third-order valence-corrected chi connectivity index (χ3v) is 17.5. The van der Waals surface area contributed by atoms with E-state index in [0.29, 0.717) is 0 Å². The summed E-state index contributed by atoms with van der Waals surface area (Å²) in [5, 5.41) is 4.77. The zero-order valence-electron chi connectivity index (χ0n) is 44.1. The van der Waals surface area contributed by atoms with Crippen LogP contribution in [0, 0.1) is 0 Å². The van der Waals surface area contributed by atoms with Crippen LogP contribution in [0.5, 0.6) is 0 Å². The fourth-order valence-electron chi connectivity index (χ4n) is 13.4. The predicted octanol–water partition coefficient (Wildman–Crippen LogP) is 18.5. The Bertz CT molecular complexity index is 4040. The van der Waals surface area contributed by atoms with Crippen molar-refractivity contribution in [3.8, 4) is 101 Å². The molecule has 2 heterocycles. The van der Waals surface area contributed by atoms with E-state index >= 15 is 0 Å². The Labute approximate surface area is 449 Å². The van der Waals surface area contributed by atoms with Crippen molar-refractivity contribution in [2.24, 2.45) is 0 Å². The molecular weight excluding hydrogens is 933 g/mol. The van der Waals surface area contributed by atoms with Gasteiger partial charge in [0.2, 0.25) is 0 Å². The first-order valence-electron chi connectivity index (χ1n) is 27.0. The molecule has 0 N–H and O–H groups in total. The second kappa shape index (κ2) is 16.4. The third kappa shape index (κ3) is 6.71. The molecule has 4 nitrogen and oxygen atoms in total. The minimum Gasteiger partial charge on any atom is -0.228 e. The number of aromatic nitrogens is 4. The Hall–Kier alpha value is -9.12. The van der Waals surface area contributed by atoms with Gasteiger partial charge in [-0.1, -0.05) is 211 Å². The largest absolute Gasteiger partial charge is 0.228 e. The minimum atomic E-state index is -0.313. The van der Waals surface area contributed by atoms with Crippen molar-refractivity contribution >= 4 is 21.5 Å². The van der Waals surface area contributed by atoms with Crippen LogP contribution >= 0.6 is 0 Å². The van der Waals surface area contributed by atoms with E-state index in [1.165, 1.54) is 77.5 Å². The highest BCUT2D eigenvalue weighted by Gasteiger charge is 2.46. The van der Waals surface area contributed by atoms with Crippen molar-refractivity contribution < 1.29 is 0 Å². The second-order valence-electron chi connectivity index (χ2n) is 22.9. The summed E-state index contributed by atoms with van der Waals surface area (Å²) in [6, 6.07) is 79.1. The van der Waals surface area contributed by atoms with Crippen molar-refractivity contribution in [1.29, 1.82) is 0 Å². The Kier molecular flexibility index (Phi) is 9.67. The molecule has 10 aromatic carbocycles. The molecule has 3 aliphatic carbocycles. The molecule has 2 aromatic heterocycles. The summed E-state index contributed by atoms with van der Waals surface area (Å²) in [5.74, 6) is 1.46. The molecule has 4 heteroatoms. The van der Waals surface area contributed by atoms with Crippen LogP contribution in [0.1, 0.15) is 74.9 Å². The van der Waals surface area contributed by atoms with Gasteiger partial charge in [0.05, 0.1) is 22.8 Å². The van der Waals surface area contributed by atoms with E-state index in [9.17, 15) is 0 Å². The topological polar surface area (TPSA) is 51.6 Å². The average Bonchev–Trinajstić information content (AvgIpc) is 4.13. The van der Waals surface area contributed by atoms with E-state index in [1.807, 2.05) is 0 Å². The Morgan fingerprint density at radius 1 is 0.234 bits per heavy atom. The monoisotopic (exact) mass is 986 g/mol. The van der Waals surface area contributed by atoms with Crippen LogP contribution in [0.2, 0.25) is 0 Å². The summed E-state index contributed by atoms with van der Waals surface area (Å²) in [5.41, 5.74) is 25.1. The minimum absolute atomic E-state index is 0.265. The van der Waals surface area contributed by atoms with Gasteiger partial charge in [0, 0.05) is 49.6 Å². The number of nitrogens with zero attached hydrogens (tertiary/aromatic N) is 4. The van der Waals surface area contributed by atoms with Gasteiger partial charge in [-0.05, 0) is 137 Å². The molecule has 3 aliphatic rings. The lowest BCUT2D eigenvalue weighted by molar-refractivity contribution is 0.649. The molecule has 0 unspecified atom stereocenters. The van der Waals surface area contributed by atoms with Gasteiger partial charge in [-0.3, -0.25) is 0 Å². The van der Waals surface area contributed by atoms with Crippen LogP contribution in [0.25, 0.3) is 123 Å². The molecule has 0 amide bonds. The highest BCUT2D eigenvalue weighted by Crippen LogP contribution is 2.61. The molecule has 0 bridgehead atoms. The smallest absolute Gasteiger partial charge is 0.161 e. The number of fused-ring (bicyclic) bond motifs is 13. The lowest BCUT2D eigenvalue weighted by Crippen LogP contribution is -2.17. The van der Waals surface area contributed by atoms with Crippen molar-refractivity contribution in [1.82, 2.24) is 19.9 Å². The van der Waals surface area contributed by atoms with Gasteiger partial charge in [0.15, 0.2) is 11.6 Å². The van der Waals surface area contributed by atoms with E-state index in [4.69, 9.17) is 19.9 Å². The van der Waals surface area contributed by atoms with Gasteiger partial charge in [0.25, 0.3) is 0 Å². The Balaban J connectivity index is 0.882. The first-order chi connectivity index (χ1) is 37.4. The number of hydrogen-bond donors (Lipinski definition) is 0. The fourth-order valence-corrected chi connectivity index (χ4v) is 13.4. The van der Waals surface area contributed by atoms with Crippen LogP contribution in [0.15, 0.2) is 218 Å². The van der Waals surface area contributed by atoms with Crippen LogP contribution in [-0.4, -0.2) is 19.9 Å². The average molecular weight is 987 g/mol. The number of benzene rings is 10. The van der Waals surface area contributed by atoms with Gasteiger partial charge in [0.1, 0.15) is 0 Å². The highest BCUT2D eigenvalue weighted by atomic mass is 14.9. The number of hydrogen-bond acceptors (Lipinski definition) is 4. The predicted molar refractivity (Wildman–Crippen MR) is 318 cm³/mol. The SMILES string of the molecule is CC1(C)c2cc3c(cc2-c2cc4c(cc21)-c1c(cc(-c2nc(-c5ccccc5)cc(-c5ccccc5)n2)c2ccccc12)C4(C)C)C(C)(C)c1cc(-c2nc(-c4ccccc4)cc(-c4ccccc4)n2)c2ccccc2c1-3. The maximum Gasteiger partial charge on any atom is 0.161 e. The molecule has 0 spiro atoms. The first kappa shape index (κ1) is 45.3. The van der Waals surface area contributed by atoms with Crippen LogP contribution in [0.4, 0.5) is 0 Å². The van der Waals surface area contributed by atoms with Crippen LogP contribution < -0.4 is 0 Å². The molecular formula is C73H54N4. The summed E-state index contributed by atoms with van der Waals surface area (Å²) in [6.45, 7) is 14.5. The zero-order valence-corrected chi connectivity index (χ0v) is 44.1. The fraction of sp³-hybridized carbons (Fsp3) is 0.123. The molecule has 77 heavy (non-hydrogen) atoms. The molecule has 0 atom stereocenters. The van der Waals surface area contributed by atoms with E-state index in [1.54, 1.807) is 0 Å². The molecule has 0 aliphatic heterocycles. The Morgan fingerprint density at radius 3 is 0.805 bits per heavy atom. The van der Waals surface area contributed by atoms with Crippen molar-refractivity contribution in [2.75, 3.05) is 0 Å². The molecule has 366 valence electrons. The standard InChI is InChI=1S/C73H54N4/c1-71(2)57-39-55-59(72(3,4)61-37-53(47-31-19-21-33-49(47)67(55)61)69-74-63(43-23-11-7-12-24-43)41-64(75-69)44-25-13-8-14-26-44)35-51(57)52-36-60-56(40-58(52)71)68-50-34-22-20-32-48(50)54(38-62(68)73(60,5)6)70-76-65(45-27-15-9-16-28-45)42-66(77-70)46-29-17-10-18-30-46/h7-42H,1-6H3. The summed E-state index contributed by atoms with van der Waals surface area (Å²) < 4.78 is 0. The molecule has 0 saturated carbocycles. The van der Waals surface area contributed by atoms with Gasteiger partial charge in [-0.15, -0.1) is 0 Å². The quantitative estimate of drug-likeness (QED) is 0.167. The lowest BCUT2D eigenvalue weighted by Gasteiger charge is -2.25. The van der Waals surface area contributed by atoms with Gasteiger partial charge in [-0.25, -0.2) is 19.9 Å². The van der Waals surface area contributed by atoms with E-state index < -0.39 is 0 Å². The van der Waals surface area contributed by atoms with Crippen LogP contribution in [-0.2, 0) is 16.2 Å². The van der Waals surface area contributed by atoms with Gasteiger partial charge >= 0.3 is 0 Å². The van der Waals surface area contributed by atoms with Crippen molar-refractivity contribution in [3.05, 3.63) is 252 Å². The maximum atomic E-state index is 5.37. The summed E-state index contributed by atoms with van der Waals surface area (Å²) >= 11 is 0. The van der Waals surface area contributed by atoms with Crippen LogP contribution in [0.3, 0.4) is 0 Å². The summed E-state index contributed by atoms with van der Waals surface area (Å²) in [7, 11) is 0. The molecule has 0 saturated heterocycles. The number of rotatable bonds is 6. The second-order valence-corrected chi connectivity index (χ2v) is 22.9.